The van der Waals surface area contributed by atoms with E-state index in [4.69, 9.17) is 0 Å². The third kappa shape index (κ3) is 4.23. The molecule has 6 heteroatoms. The Hall–Kier alpha value is -3.80. The normalized spacial score (nSPS) is 13.8. The Kier molecular flexibility index (Phi) is 5.89. The first kappa shape index (κ1) is 20.5. The van der Waals surface area contributed by atoms with Crippen LogP contribution >= 0.6 is 0 Å². The zero-order valence-electron chi connectivity index (χ0n) is 17.2. The lowest BCUT2D eigenvalue weighted by atomic mass is 9.96. The summed E-state index contributed by atoms with van der Waals surface area (Å²) in [5.74, 6) is -0.787. The third-order valence-corrected chi connectivity index (χ3v) is 5.60. The number of nitrogens with zero attached hydrogens (tertiary/aromatic N) is 2. The first-order chi connectivity index (χ1) is 15.1. The topological polar surface area (TPSA) is 79.4 Å². The smallest absolute Gasteiger partial charge is 0.261 e. The first-order valence-corrected chi connectivity index (χ1v) is 10.3. The summed E-state index contributed by atoms with van der Waals surface area (Å²) in [6, 6.07) is 18.2. The number of fused-ring (bicyclic) bond motifs is 1. The molecule has 0 unspecified atom stereocenters. The lowest BCUT2D eigenvalue weighted by Gasteiger charge is -2.16. The third-order valence-electron chi connectivity index (χ3n) is 5.60. The molecule has 1 N–H and O–H groups in total. The van der Waals surface area contributed by atoms with Gasteiger partial charge in [-0.2, -0.15) is 0 Å². The number of carbonyl (C=O) groups excluding carboxylic acids is 3. The molecule has 0 saturated carbocycles. The number of imide groups is 1. The molecule has 0 saturated heterocycles. The number of aromatic nitrogens is 1. The van der Waals surface area contributed by atoms with Crippen molar-refractivity contribution in [2.24, 2.45) is 0 Å². The zero-order chi connectivity index (χ0) is 21.8. The van der Waals surface area contributed by atoms with Crippen molar-refractivity contribution in [2.75, 3.05) is 6.54 Å². The Bertz CT molecular complexity index is 1110. The van der Waals surface area contributed by atoms with Gasteiger partial charge in [0.05, 0.1) is 17.7 Å². The van der Waals surface area contributed by atoms with Crippen LogP contribution < -0.4 is 5.32 Å². The first-order valence-electron chi connectivity index (χ1n) is 10.3. The van der Waals surface area contributed by atoms with Gasteiger partial charge in [0.1, 0.15) is 0 Å². The fraction of sp³-hybridized carbons (Fsp3) is 0.200. The van der Waals surface area contributed by atoms with Crippen LogP contribution in [0.3, 0.4) is 0 Å². The van der Waals surface area contributed by atoms with Gasteiger partial charge < -0.3 is 5.32 Å². The van der Waals surface area contributed by atoms with Crippen LogP contribution in [0.1, 0.15) is 61.5 Å². The van der Waals surface area contributed by atoms with E-state index in [9.17, 15) is 14.4 Å². The molecule has 31 heavy (non-hydrogen) atoms. The van der Waals surface area contributed by atoms with Gasteiger partial charge in [0.2, 0.25) is 0 Å². The highest BCUT2D eigenvalue weighted by Gasteiger charge is 2.36. The minimum absolute atomic E-state index is 0.172. The lowest BCUT2D eigenvalue weighted by molar-refractivity contribution is 0.0642. The molecule has 156 valence electrons. The van der Waals surface area contributed by atoms with Gasteiger partial charge in [-0.15, -0.1) is 0 Å². The number of pyridine rings is 1. The molecule has 0 spiro atoms. The Labute approximate surface area is 180 Å². The molecular formula is C25H23N3O3. The average molecular weight is 413 g/mol. The maximum atomic E-state index is 12.8. The number of hydrogen-bond acceptors (Lipinski definition) is 4. The van der Waals surface area contributed by atoms with E-state index in [1.54, 1.807) is 36.7 Å². The largest absolute Gasteiger partial charge is 0.351 e. The van der Waals surface area contributed by atoms with Crippen molar-refractivity contribution in [3.05, 3.63) is 101 Å². The van der Waals surface area contributed by atoms with Crippen LogP contribution in [0.5, 0.6) is 0 Å². The molecule has 0 radical (unpaired) electrons. The minimum Gasteiger partial charge on any atom is -0.351 e. The monoisotopic (exact) mass is 413 g/mol. The number of nitrogens with one attached hydrogen (secondary N) is 1. The second-order valence-electron chi connectivity index (χ2n) is 7.54. The Morgan fingerprint density at radius 2 is 1.68 bits per heavy atom. The minimum atomic E-state index is -0.387. The van der Waals surface area contributed by atoms with Crippen molar-refractivity contribution in [1.82, 2.24) is 15.2 Å². The van der Waals surface area contributed by atoms with Crippen LogP contribution in [-0.2, 0) is 6.54 Å². The number of benzene rings is 2. The predicted octanol–water partition coefficient (Wildman–Crippen LogP) is 3.80. The van der Waals surface area contributed by atoms with Crippen molar-refractivity contribution < 1.29 is 14.4 Å². The Balaban J connectivity index is 1.47. The molecule has 6 nitrogen and oxygen atoms in total. The number of carbonyl (C=O) groups is 3. The van der Waals surface area contributed by atoms with Crippen molar-refractivity contribution >= 4 is 17.7 Å². The summed E-state index contributed by atoms with van der Waals surface area (Å²) in [5, 5.41) is 2.96. The zero-order valence-corrected chi connectivity index (χ0v) is 17.2. The van der Waals surface area contributed by atoms with Crippen LogP contribution in [0.4, 0.5) is 0 Å². The van der Waals surface area contributed by atoms with E-state index in [-0.39, 0.29) is 35.7 Å². The molecular weight excluding hydrogens is 390 g/mol. The molecule has 1 aliphatic rings. The van der Waals surface area contributed by atoms with E-state index < -0.39 is 0 Å². The molecule has 0 bridgehead atoms. The number of rotatable bonds is 7. The highest BCUT2D eigenvalue weighted by atomic mass is 16.2. The summed E-state index contributed by atoms with van der Waals surface area (Å²) in [7, 11) is 0. The fourth-order valence-corrected chi connectivity index (χ4v) is 3.79. The van der Waals surface area contributed by atoms with Crippen LogP contribution in [-0.4, -0.2) is 34.2 Å². The van der Waals surface area contributed by atoms with E-state index in [0.717, 1.165) is 12.0 Å². The molecule has 2 heterocycles. The van der Waals surface area contributed by atoms with Crippen LogP contribution in [0, 0.1) is 0 Å². The molecule has 4 rings (SSSR count). The van der Waals surface area contributed by atoms with Gasteiger partial charge in [0.25, 0.3) is 17.7 Å². The van der Waals surface area contributed by atoms with E-state index >= 15 is 0 Å². The van der Waals surface area contributed by atoms with Crippen molar-refractivity contribution in [3.8, 4) is 0 Å². The van der Waals surface area contributed by atoms with E-state index in [1.165, 1.54) is 16.5 Å². The van der Waals surface area contributed by atoms with Crippen molar-refractivity contribution in [2.45, 2.75) is 25.8 Å². The SMILES string of the molecule is CC[C@@H](CNC(=O)c1ccc2c(c1)C(=O)N(Cc1ccncc1)C2=O)c1ccccc1. The van der Waals surface area contributed by atoms with Crippen molar-refractivity contribution in [3.63, 3.8) is 0 Å². The second-order valence-corrected chi connectivity index (χ2v) is 7.54. The number of amides is 3. The molecule has 1 aliphatic heterocycles. The molecule has 1 aromatic heterocycles. The molecule has 2 aromatic carbocycles. The maximum Gasteiger partial charge on any atom is 0.261 e. The molecule has 1 atom stereocenters. The summed E-state index contributed by atoms with van der Waals surface area (Å²) in [6.45, 7) is 2.75. The van der Waals surface area contributed by atoms with Gasteiger partial charge in [-0.1, -0.05) is 37.3 Å². The second kappa shape index (κ2) is 8.92. The fourth-order valence-electron chi connectivity index (χ4n) is 3.79. The van der Waals surface area contributed by atoms with Crippen LogP contribution in [0.25, 0.3) is 0 Å². The van der Waals surface area contributed by atoms with E-state index in [2.05, 4.69) is 29.4 Å². The highest BCUT2D eigenvalue weighted by molar-refractivity contribution is 6.22. The molecule has 3 aromatic rings. The van der Waals surface area contributed by atoms with E-state index in [0.29, 0.717) is 17.7 Å². The van der Waals surface area contributed by atoms with Gasteiger partial charge in [-0.25, -0.2) is 0 Å². The maximum absolute atomic E-state index is 12.8. The summed E-state index contributed by atoms with van der Waals surface area (Å²) in [4.78, 5) is 43.4. The Morgan fingerprint density at radius 1 is 0.968 bits per heavy atom. The summed E-state index contributed by atoms with van der Waals surface area (Å²) < 4.78 is 0. The van der Waals surface area contributed by atoms with Gasteiger partial charge in [0.15, 0.2) is 0 Å². The van der Waals surface area contributed by atoms with Gasteiger partial charge in [-0.05, 0) is 47.9 Å². The summed E-state index contributed by atoms with van der Waals surface area (Å²) in [5.41, 5.74) is 2.95. The van der Waals surface area contributed by atoms with Gasteiger partial charge in [-0.3, -0.25) is 24.3 Å². The predicted molar refractivity (Wildman–Crippen MR) is 117 cm³/mol. The Morgan fingerprint density at radius 3 is 2.39 bits per heavy atom. The molecule has 0 fully saturated rings. The van der Waals surface area contributed by atoms with Gasteiger partial charge >= 0.3 is 0 Å². The molecule has 0 aliphatic carbocycles. The summed E-state index contributed by atoms with van der Waals surface area (Å²) in [6.07, 6.45) is 4.13. The standard InChI is InChI=1S/C25H23N3O3/c1-2-18(19-6-4-3-5-7-19)15-27-23(29)20-8-9-21-22(14-20)25(31)28(24(21)30)16-17-10-12-26-13-11-17/h3-14,18H,2,15-16H2,1H3,(H,27,29)/t18-/m0/s1. The quantitative estimate of drug-likeness (QED) is 0.598. The average Bonchev–Trinajstić information content (AvgIpc) is 3.05. The highest BCUT2D eigenvalue weighted by Crippen LogP contribution is 2.26. The number of hydrogen-bond donors (Lipinski definition) is 1. The lowest BCUT2D eigenvalue weighted by Crippen LogP contribution is -2.29. The van der Waals surface area contributed by atoms with Crippen LogP contribution in [0.15, 0.2) is 73.1 Å². The molecule has 3 amide bonds. The van der Waals surface area contributed by atoms with Gasteiger partial charge in [0, 0.05) is 30.4 Å². The van der Waals surface area contributed by atoms with Crippen molar-refractivity contribution in [1.29, 1.82) is 0 Å². The van der Waals surface area contributed by atoms with Crippen LogP contribution in [0.2, 0.25) is 0 Å². The summed E-state index contributed by atoms with van der Waals surface area (Å²) >= 11 is 0. The van der Waals surface area contributed by atoms with E-state index in [1.807, 2.05) is 18.2 Å².